The zero-order chi connectivity index (χ0) is 32.1. The van der Waals surface area contributed by atoms with Gasteiger partial charge in [0.15, 0.2) is 6.10 Å². The fourth-order valence-electron chi connectivity index (χ4n) is 9.92. The van der Waals surface area contributed by atoms with E-state index in [0.717, 1.165) is 18.4 Å². The van der Waals surface area contributed by atoms with E-state index in [2.05, 4.69) is 13.8 Å². The molecule has 0 aromatic carbocycles. The molecule has 0 radical (unpaired) electrons. The number of hydrogen-bond acceptors (Lipinski definition) is 10. The minimum absolute atomic E-state index is 0.136. The van der Waals surface area contributed by atoms with Gasteiger partial charge in [-0.3, -0.25) is 19.2 Å². The summed E-state index contributed by atoms with van der Waals surface area (Å²) in [6.45, 7) is 15.7. The van der Waals surface area contributed by atoms with E-state index in [1.807, 2.05) is 19.9 Å². The second kappa shape index (κ2) is 11.8. The summed E-state index contributed by atoms with van der Waals surface area (Å²) in [5.74, 6) is -3.23. The van der Waals surface area contributed by atoms with E-state index in [1.54, 1.807) is 6.92 Å². The molecule has 0 amide bonds. The second-order valence-corrected chi connectivity index (χ2v) is 13.9. The van der Waals surface area contributed by atoms with Gasteiger partial charge in [-0.05, 0) is 50.2 Å². The molecule has 3 fully saturated rings. The molecule has 4 rings (SSSR count). The molecule has 4 aliphatic rings. The lowest BCUT2D eigenvalue weighted by Crippen LogP contribution is -2.76. The van der Waals surface area contributed by atoms with Crippen LogP contribution in [0.3, 0.4) is 0 Å². The maximum Gasteiger partial charge on any atom is 0.303 e. The lowest BCUT2D eigenvalue weighted by molar-refractivity contribution is -0.296. The third-order valence-corrected chi connectivity index (χ3v) is 11.5. The van der Waals surface area contributed by atoms with Crippen LogP contribution in [-0.4, -0.2) is 72.2 Å². The molecule has 2 saturated carbocycles. The Hall–Kier alpha value is -2.46. The minimum atomic E-state index is -1.17. The van der Waals surface area contributed by atoms with Crippen molar-refractivity contribution in [3.8, 4) is 0 Å². The smallest absolute Gasteiger partial charge is 0.303 e. The molecular formula is C33H50O10. The fourth-order valence-corrected chi connectivity index (χ4v) is 9.92. The van der Waals surface area contributed by atoms with Crippen molar-refractivity contribution in [3.63, 3.8) is 0 Å². The maximum atomic E-state index is 12.9. The fraction of sp³-hybridized carbons (Fsp3) is 0.818. The molecule has 0 bridgehead atoms. The number of hydrogen-bond donors (Lipinski definition) is 1. The lowest BCUT2D eigenvalue weighted by atomic mass is 9.36. The van der Waals surface area contributed by atoms with Crippen LogP contribution in [0.15, 0.2) is 11.6 Å². The zero-order valence-corrected chi connectivity index (χ0v) is 27.2. The van der Waals surface area contributed by atoms with Crippen LogP contribution in [0.5, 0.6) is 0 Å². The van der Waals surface area contributed by atoms with Gasteiger partial charge in [0.25, 0.3) is 0 Å². The van der Waals surface area contributed by atoms with Crippen LogP contribution in [0.4, 0.5) is 0 Å². The Kier molecular flexibility index (Phi) is 9.18. The first-order valence-electron chi connectivity index (χ1n) is 15.7. The van der Waals surface area contributed by atoms with Gasteiger partial charge in [-0.25, -0.2) is 0 Å². The SMILES string of the molecule is CCCC[C@]1(O)C(C)=C[C@@H](OC(C)=O)[C@]2(C)C3[C@H](OC(C)=O)[C@H](OC(C)=O)[C@@]4(C(C)OC(C)=O)COC[C@H]4[C@]3(C)CC[C@H]21. The van der Waals surface area contributed by atoms with Crippen molar-refractivity contribution >= 4 is 23.9 Å². The number of aliphatic hydroxyl groups is 1. The number of carbonyl (C=O) groups is 4. The number of unbranched alkanes of at least 4 members (excludes halogenated alkanes) is 1. The molecule has 10 heteroatoms. The lowest BCUT2D eigenvalue weighted by Gasteiger charge is -2.70. The molecular weight excluding hydrogens is 556 g/mol. The van der Waals surface area contributed by atoms with Crippen molar-refractivity contribution in [2.45, 2.75) is 124 Å². The number of rotatable bonds is 8. The van der Waals surface area contributed by atoms with Crippen LogP contribution in [0, 0.1) is 34.0 Å². The highest BCUT2D eigenvalue weighted by molar-refractivity contribution is 5.68. The molecule has 1 saturated heterocycles. The number of esters is 4. The van der Waals surface area contributed by atoms with Crippen molar-refractivity contribution in [3.05, 3.63) is 11.6 Å². The van der Waals surface area contributed by atoms with Crippen molar-refractivity contribution in [1.82, 2.24) is 0 Å². The van der Waals surface area contributed by atoms with Gasteiger partial charge in [0.2, 0.25) is 0 Å². The summed E-state index contributed by atoms with van der Waals surface area (Å²) in [6, 6.07) is 0. The van der Waals surface area contributed by atoms with E-state index in [-0.39, 0.29) is 18.4 Å². The largest absolute Gasteiger partial charge is 0.462 e. The quantitative estimate of drug-likeness (QED) is 0.242. The van der Waals surface area contributed by atoms with Crippen LogP contribution in [-0.2, 0) is 42.9 Å². The first-order chi connectivity index (χ1) is 20.0. The predicted molar refractivity (Wildman–Crippen MR) is 155 cm³/mol. The van der Waals surface area contributed by atoms with Gasteiger partial charge in [-0.1, -0.05) is 33.6 Å². The standard InChI is InChI=1S/C33H50O10/c1-10-11-13-33(38)18(2)15-26(41-21(5)35)31(9)24(33)12-14-30(8)25-16-39-17-32(25,19(3)40-20(4)34)29(43-23(7)37)27(28(30)31)42-22(6)36/h15,19,24-29,38H,10-14,16-17H2,1-9H3/t19?,24-,25+,26-,27+,28?,29+,30+,31-,32-,33+/m1/s1. The Labute approximate surface area is 255 Å². The molecule has 1 aliphatic heterocycles. The summed E-state index contributed by atoms with van der Waals surface area (Å²) in [7, 11) is 0. The minimum Gasteiger partial charge on any atom is -0.462 e. The van der Waals surface area contributed by atoms with Gasteiger partial charge in [0, 0.05) is 50.9 Å². The summed E-state index contributed by atoms with van der Waals surface area (Å²) < 4.78 is 30.4. The average Bonchev–Trinajstić information content (AvgIpc) is 3.35. The number of carbonyl (C=O) groups excluding carboxylic acids is 4. The topological polar surface area (TPSA) is 135 Å². The molecule has 2 unspecified atom stereocenters. The monoisotopic (exact) mass is 606 g/mol. The summed E-state index contributed by atoms with van der Waals surface area (Å²) >= 11 is 0. The van der Waals surface area contributed by atoms with E-state index in [0.29, 0.717) is 25.9 Å². The number of fused-ring (bicyclic) bond motifs is 5. The summed E-state index contributed by atoms with van der Waals surface area (Å²) in [5.41, 5.74) is -2.97. The first kappa shape index (κ1) is 33.4. The Balaban J connectivity index is 2.02. The van der Waals surface area contributed by atoms with Gasteiger partial charge < -0.3 is 28.8 Å². The Morgan fingerprint density at radius 2 is 1.63 bits per heavy atom. The van der Waals surface area contributed by atoms with Crippen LogP contribution in [0.1, 0.15) is 94.4 Å². The number of ether oxygens (including phenoxy) is 5. The van der Waals surface area contributed by atoms with Gasteiger partial charge in [-0.15, -0.1) is 0 Å². The Bertz CT molecular complexity index is 1160. The van der Waals surface area contributed by atoms with Crippen molar-refractivity contribution in [2.24, 2.45) is 34.0 Å². The molecule has 10 nitrogen and oxygen atoms in total. The molecule has 11 atom stereocenters. The van der Waals surface area contributed by atoms with E-state index in [9.17, 15) is 24.3 Å². The molecule has 1 N–H and O–H groups in total. The molecule has 0 spiro atoms. The Morgan fingerprint density at radius 1 is 1.00 bits per heavy atom. The van der Waals surface area contributed by atoms with Crippen LogP contribution < -0.4 is 0 Å². The highest BCUT2D eigenvalue weighted by Gasteiger charge is 2.77. The predicted octanol–water partition coefficient (Wildman–Crippen LogP) is 4.30. The third-order valence-electron chi connectivity index (χ3n) is 11.5. The second-order valence-electron chi connectivity index (χ2n) is 13.9. The highest BCUT2D eigenvalue weighted by Crippen LogP contribution is 2.72. The molecule has 43 heavy (non-hydrogen) atoms. The molecule has 3 aliphatic carbocycles. The van der Waals surface area contributed by atoms with Crippen LogP contribution >= 0.6 is 0 Å². The average molecular weight is 607 g/mol. The van der Waals surface area contributed by atoms with Gasteiger partial charge in [-0.2, -0.15) is 0 Å². The van der Waals surface area contributed by atoms with Gasteiger partial charge in [0.1, 0.15) is 18.3 Å². The van der Waals surface area contributed by atoms with Crippen LogP contribution in [0.2, 0.25) is 0 Å². The summed E-state index contributed by atoms with van der Waals surface area (Å²) in [6.07, 6.45) is 1.85. The van der Waals surface area contributed by atoms with E-state index >= 15 is 0 Å². The molecule has 0 aromatic rings. The van der Waals surface area contributed by atoms with Crippen LogP contribution in [0.25, 0.3) is 0 Å². The molecule has 242 valence electrons. The van der Waals surface area contributed by atoms with Crippen molar-refractivity contribution in [1.29, 1.82) is 0 Å². The highest BCUT2D eigenvalue weighted by atomic mass is 16.6. The Morgan fingerprint density at radius 3 is 2.19 bits per heavy atom. The normalized spacial score (nSPS) is 42.3. The molecule has 1 heterocycles. The van der Waals surface area contributed by atoms with Crippen molar-refractivity contribution in [2.75, 3.05) is 13.2 Å². The third kappa shape index (κ3) is 5.20. The van der Waals surface area contributed by atoms with E-state index < -0.39 is 76.1 Å². The summed E-state index contributed by atoms with van der Waals surface area (Å²) in [5, 5.41) is 12.5. The molecule has 0 aromatic heterocycles. The maximum absolute atomic E-state index is 12.9. The van der Waals surface area contributed by atoms with E-state index in [4.69, 9.17) is 23.7 Å². The van der Waals surface area contributed by atoms with Crippen molar-refractivity contribution < 1.29 is 48.0 Å². The summed E-state index contributed by atoms with van der Waals surface area (Å²) in [4.78, 5) is 50.5. The first-order valence-corrected chi connectivity index (χ1v) is 15.7. The van der Waals surface area contributed by atoms with Gasteiger partial charge in [0.05, 0.1) is 24.2 Å². The zero-order valence-electron chi connectivity index (χ0n) is 27.2. The van der Waals surface area contributed by atoms with Gasteiger partial charge >= 0.3 is 23.9 Å². The van der Waals surface area contributed by atoms with E-state index in [1.165, 1.54) is 27.7 Å².